The van der Waals surface area contributed by atoms with Crippen LogP contribution in [-0.4, -0.2) is 75.6 Å². The van der Waals surface area contributed by atoms with E-state index in [1.165, 1.54) is 0 Å². The molecular formula is C25H35B2N3O9. The summed E-state index contributed by atoms with van der Waals surface area (Å²) in [6.45, 7) is 4.35. The zero-order valence-electron chi connectivity index (χ0n) is 22.3. The van der Waals surface area contributed by atoms with Gasteiger partial charge in [0, 0.05) is 19.5 Å². The van der Waals surface area contributed by atoms with Crippen LogP contribution in [0.2, 0.25) is 6.32 Å². The minimum atomic E-state index is -1.08. The topological polar surface area (TPSA) is 158 Å². The molecule has 1 aromatic rings. The van der Waals surface area contributed by atoms with Gasteiger partial charge in [0.25, 0.3) is 0 Å². The van der Waals surface area contributed by atoms with Gasteiger partial charge in [0.2, 0.25) is 17.7 Å². The van der Waals surface area contributed by atoms with Crippen LogP contribution in [0.25, 0.3) is 0 Å². The predicted molar refractivity (Wildman–Crippen MR) is 141 cm³/mol. The normalized spacial score (nSPS) is 18.6. The van der Waals surface area contributed by atoms with Crippen LogP contribution in [0.1, 0.15) is 45.1 Å². The molecule has 12 nitrogen and oxygen atoms in total. The molecule has 1 aromatic carbocycles. The lowest BCUT2D eigenvalue weighted by Gasteiger charge is -2.10. The monoisotopic (exact) mass is 543 g/mol. The average Bonchev–Trinajstić information content (AvgIpc) is 3.44. The van der Waals surface area contributed by atoms with Crippen molar-refractivity contribution in [2.45, 2.75) is 64.5 Å². The van der Waals surface area contributed by atoms with Crippen LogP contribution in [0.4, 0.5) is 0 Å². The van der Waals surface area contributed by atoms with Crippen LogP contribution < -0.4 is 16.0 Å². The van der Waals surface area contributed by atoms with Crippen molar-refractivity contribution in [2.24, 2.45) is 5.92 Å². The maximum atomic E-state index is 12.2. The van der Waals surface area contributed by atoms with Gasteiger partial charge in [-0.25, -0.2) is 0 Å². The van der Waals surface area contributed by atoms with Gasteiger partial charge in [0.05, 0.1) is 19.3 Å². The molecule has 3 rings (SSSR count). The van der Waals surface area contributed by atoms with E-state index in [2.05, 4.69) is 29.8 Å². The zero-order valence-corrected chi connectivity index (χ0v) is 22.3. The maximum absolute atomic E-state index is 12.2. The summed E-state index contributed by atoms with van der Waals surface area (Å²) in [5, 5.41) is 7.85. The molecule has 3 N–H and O–H groups in total. The van der Waals surface area contributed by atoms with E-state index in [9.17, 15) is 24.0 Å². The molecule has 0 unspecified atom stereocenters. The first-order valence-corrected chi connectivity index (χ1v) is 13.3. The highest BCUT2D eigenvalue weighted by atomic mass is 16.7. The summed E-state index contributed by atoms with van der Waals surface area (Å²) >= 11 is 0. The molecule has 0 spiro atoms. The summed E-state index contributed by atoms with van der Waals surface area (Å²) in [4.78, 5) is 60.3. The van der Waals surface area contributed by atoms with E-state index in [1.807, 2.05) is 30.3 Å². The van der Waals surface area contributed by atoms with Crippen molar-refractivity contribution in [3.05, 3.63) is 35.9 Å². The van der Waals surface area contributed by atoms with Gasteiger partial charge in [0.15, 0.2) is 0 Å². The lowest BCUT2D eigenvalue weighted by atomic mass is 9.81. The molecule has 210 valence electrons. The molecule has 14 heteroatoms. The van der Waals surface area contributed by atoms with Gasteiger partial charge < -0.3 is 34.6 Å². The molecular weight excluding hydrogens is 508 g/mol. The van der Waals surface area contributed by atoms with E-state index in [0.29, 0.717) is 18.7 Å². The number of amides is 3. The fourth-order valence-corrected chi connectivity index (χ4v) is 3.97. The van der Waals surface area contributed by atoms with E-state index >= 15 is 0 Å². The standard InChI is InChI=1S/C25H35B2N3O9/c1-17(2)10-11-26-36-19(24(34)38-26)14-22(32)28-12-13-29-23(33)15-20-25(35)39-27(37-20)16-30-21(31)9-8-18-6-4-3-5-7-18/h3-7,17,19-20H,8-16H2,1-2H3,(H,28,32)(H,29,33)(H,30,31)/t19-,20-/m1/s1. The van der Waals surface area contributed by atoms with E-state index < -0.39 is 50.2 Å². The highest BCUT2D eigenvalue weighted by molar-refractivity contribution is 6.49. The Balaban J connectivity index is 1.25. The number of hydrogen-bond donors (Lipinski definition) is 3. The molecule has 0 aliphatic carbocycles. The van der Waals surface area contributed by atoms with Crippen molar-refractivity contribution in [1.82, 2.24) is 16.0 Å². The van der Waals surface area contributed by atoms with Gasteiger partial charge >= 0.3 is 26.2 Å². The first-order chi connectivity index (χ1) is 18.7. The molecule has 0 radical (unpaired) electrons. The second kappa shape index (κ2) is 15.3. The Labute approximate surface area is 228 Å². The Morgan fingerprint density at radius 1 is 0.821 bits per heavy atom. The van der Waals surface area contributed by atoms with Crippen molar-refractivity contribution in [3.8, 4) is 0 Å². The lowest BCUT2D eigenvalue weighted by molar-refractivity contribution is -0.139. The van der Waals surface area contributed by atoms with Gasteiger partial charge in [0.1, 0.15) is 12.2 Å². The van der Waals surface area contributed by atoms with Crippen molar-refractivity contribution in [2.75, 3.05) is 19.5 Å². The summed E-state index contributed by atoms with van der Waals surface area (Å²) < 4.78 is 21.2. The minimum absolute atomic E-state index is 0.0137. The zero-order chi connectivity index (χ0) is 28.2. The molecule has 2 heterocycles. The highest BCUT2D eigenvalue weighted by Crippen LogP contribution is 2.19. The fraction of sp³-hybridized carbons (Fsp3) is 0.560. The summed E-state index contributed by atoms with van der Waals surface area (Å²) in [6.07, 6.45) is -0.182. The number of nitrogens with one attached hydrogen (secondary N) is 3. The third-order valence-electron chi connectivity index (χ3n) is 6.09. The number of benzene rings is 1. The Bertz CT molecular complexity index is 1010. The molecule has 2 saturated heterocycles. The molecule has 2 aliphatic rings. The molecule has 3 amide bonds. The molecule has 2 aliphatic heterocycles. The quantitative estimate of drug-likeness (QED) is 0.208. The van der Waals surface area contributed by atoms with E-state index in [-0.39, 0.29) is 44.7 Å². The predicted octanol–water partition coefficient (Wildman–Crippen LogP) is 0.194. The number of rotatable bonds is 15. The number of aryl methyl sites for hydroxylation is 1. The van der Waals surface area contributed by atoms with Crippen molar-refractivity contribution >= 4 is 43.9 Å². The molecule has 0 saturated carbocycles. The Hall–Kier alpha value is -3.38. The van der Waals surface area contributed by atoms with Crippen molar-refractivity contribution in [1.29, 1.82) is 0 Å². The largest absolute Gasteiger partial charge is 0.548 e. The molecule has 39 heavy (non-hydrogen) atoms. The summed E-state index contributed by atoms with van der Waals surface area (Å²) in [5.74, 6) is -1.87. The van der Waals surface area contributed by atoms with E-state index in [0.717, 1.165) is 12.0 Å². The number of hydrogen-bond acceptors (Lipinski definition) is 9. The smallest absolute Gasteiger partial charge is 0.508 e. The molecule has 2 atom stereocenters. The lowest BCUT2D eigenvalue weighted by Crippen LogP contribution is -2.38. The first kappa shape index (κ1) is 30.2. The van der Waals surface area contributed by atoms with Gasteiger partial charge in [-0.1, -0.05) is 50.6 Å². The third kappa shape index (κ3) is 10.7. The highest BCUT2D eigenvalue weighted by Gasteiger charge is 2.41. The third-order valence-corrected chi connectivity index (χ3v) is 6.09. The Morgan fingerprint density at radius 2 is 1.38 bits per heavy atom. The number of carbonyl (C=O) groups excluding carboxylic acids is 5. The SMILES string of the molecule is CC(C)CCB1OC(=O)[C@@H](CC(=O)NCCNC(=O)C[C@H]2OB(CNC(=O)CCc3ccccc3)OC2=O)O1. The van der Waals surface area contributed by atoms with Crippen LogP contribution in [0.3, 0.4) is 0 Å². The van der Waals surface area contributed by atoms with Crippen LogP contribution >= 0.6 is 0 Å². The Morgan fingerprint density at radius 3 is 1.97 bits per heavy atom. The van der Waals surface area contributed by atoms with Gasteiger partial charge in [-0.3, -0.25) is 24.0 Å². The van der Waals surface area contributed by atoms with Gasteiger partial charge in [-0.05, 0) is 24.2 Å². The van der Waals surface area contributed by atoms with Crippen LogP contribution in [0.15, 0.2) is 30.3 Å². The van der Waals surface area contributed by atoms with Gasteiger partial charge in [-0.15, -0.1) is 0 Å². The van der Waals surface area contributed by atoms with Crippen LogP contribution in [-0.2, 0) is 49.0 Å². The van der Waals surface area contributed by atoms with Crippen molar-refractivity contribution in [3.63, 3.8) is 0 Å². The van der Waals surface area contributed by atoms with E-state index in [1.54, 1.807) is 0 Å². The molecule has 0 bridgehead atoms. The summed E-state index contributed by atoms with van der Waals surface area (Å²) in [7, 11) is -1.60. The maximum Gasteiger partial charge on any atom is 0.548 e. The van der Waals surface area contributed by atoms with E-state index in [4.69, 9.17) is 18.6 Å². The van der Waals surface area contributed by atoms with Crippen LogP contribution in [0, 0.1) is 5.92 Å². The fourth-order valence-electron chi connectivity index (χ4n) is 3.97. The second-order valence-corrected chi connectivity index (χ2v) is 9.85. The number of carbonyl (C=O) groups is 5. The summed E-state index contributed by atoms with van der Waals surface area (Å²) in [5.41, 5.74) is 1.04. The van der Waals surface area contributed by atoms with Crippen LogP contribution in [0.5, 0.6) is 0 Å². The Kier molecular flexibility index (Phi) is 11.8. The average molecular weight is 543 g/mol. The molecule has 0 aromatic heterocycles. The second-order valence-electron chi connectivity index (χ2n) is 9.85. The first-order valence-electron chi connectivity index (χ1n) is 13.3. The van der Waals surface area contributed by atoms with Gasteiger partial charge in [-0.2, -0.15) is 0 Å². The molecule has 2 fully saturated rings. The summed E-state index contributed by atoms with van der Waals surface area (Å²) in [6, 6.07) is 9.58. The van der Waals surface area contributed by atoms with Crippen molar-refractivity contribution < 1.29 is 42.6 Å². The minimum Gasteiger partial charge on any atom is -0.508 e.